The molecule has 2 aliphatic rings. The van der Waals surface area contributed by atoms with Crippen molar-refractivity contribution in [2.24, 2.45) is 5.41 Å². The van der Waals surface area contributed by atoms with Crippen molar-refractivity contribution in [1.82, 2.24) is 10.2 Å². The maximum absolute atomic E-state index is 12.7. The van der Waals surface area contributed by atoms with Crippen LogP contribution in [0, 0.1) is 22.5 Å². The van der Waals surface area contributed by atoms with Gasteiger partial charge >= 0.3 is 0 Å². The zero-order chi connectivity index (χ0) is 15.0. The van der Waals surface area contributed by atoms with Crippen molar-refractivity contribution in [2.75, 3.05) is 26.2 Å². The molecule has 6 heteroatoms. The van der Waals surface area contributed by atoms with Gasteiger partial charge in [0.25, 0.3) is 11.6 Å². The van der Waals surface area contributed by atoms with Crippen LogP contribution in [0.3, 0.4) is 0 Å². The van der Waals surface area contributed by atoms with Gasteiger partial charge < -0.3 is 10.2 Å². The van der Waals surface area contributed by atoms with Crippen LogP contribution in [-0.4, -0.2) is 41.9 Å². The molecule has 0 saturated carbocycles. The molecule has 6 nitrogen and oxygen atoms in total. The number of nitrogens with one attached hydrogen (secondary N) is 1. The molecular weight excluding hydrogens is 270 g/mol. The van der Waals surface area contributed by atoms with Crippen molar-refractivity contribution in [3.63, 3.8) is 0 Å². The summed E-state index contributed by atoms with van der Waals surface area (Å²) < 4.78 is 0. The summed E-state index contributed by atoms with van der Waals surface area (Å²) in [6, 6.07) is 4.71. The number of nitrogens with zero attached hydrogens (tertiary/aromatic N) is 2. The molecule has 112 valence electrons. The number of carbonyl (C=O) groups excluding carboxylic acids is 1. The van der Waals surface area contributed by atoms with Gasteiger partial charge in [-0.15, -0.1) is 0 Å². The normalized spacial score (nSPS) is 24.7. The lowest BCUT2D eigenvalue weighted by Gasteiger charge is -2.22. The number of rotatable bonds is 2. The van der Waals surface area contributed by atoms with Gasteiger partial charge in [-0.1, -0.05) is 6.07 Å². The van der Waals surface area contributed by atoms with E-state index in [2.05, 4.69) is 5.32 Å². The van der Waals surface area contributed by atoms with E-state index in [1.165, 1.54) is 6.07 Å². The molecule has 3 rings (SSSR count). The first kappa shape index (κ1) is 14.0. The van der Waals surface area contributed by atoms with Crippen LogP contribution in [0.1, 0.15) is 28.8 Å². The van der Waals surface area contributed by atoms with Crippen LogP contribution in [-0.2, 0) is 0 Å². The molecule has 21 heavy (non-hydrogen) atoms. The molecule has 0 aromatic heterocycles. The van der Waals surface area contributed by atoms with Crippen LogP contribution >= 0.6 is 0 Å². The number of benzene rings is 1. The van der Waals surface area contributed by atoms with E-state index in [4.69, 9.17) is 0 Å². The monoisotopic (exact) mass is 289 g/mol. The number of nitro groups is 1. The van der Waals surface area contributed by atoms with E-state index in [-0.39, 0.29) is 22.6 Å². The van der Waals surface area contributed by atoms with Gasteiger partial charge in [0.15, 0.2) is 0 Å². The molecule has 1 aromatic carbocycles. The van der Waals surface area contributed by atoms with Gasteiger partial charge in [-0.2, -0.15) is 0 Å². The molecule has 2 heterocycles. The minimum atomic E-state index is -0.477. The van der Waals surface area contributed by atoms with Gasteiger partial charge in [-0.05, 0) is 37.9 Å². The number of aryl methyl sites for hydroxylation is 1. The van der Waals surface area contributed by atoms with Crippen LogP contribution < -0.4 is 5.32 Å². The largest absolute Gasteiger partial charge is 0.338 e. The Balaban J connectivity index is 1.86. The number of carbonyl (C=O) groups is 1. The molecule has 2 fully saturated rings. The minimum absolute atomic E-state index is 0.101. The number of hydrogen-bond donors (Lipinski definition) is 1. The van der Waals surface area contributed by atoms with Gasteiger partial charge in [0, 0.05) is 31.1 Å². The summed E-state index contributed by atoms with van der Waals surface area (Å²) in [4.78, 5) is 25.1. The lowest BCUT2D eigenvalue weighted by molar-refractivity contribution is -0.385. The molecule has 1 amide bonds. The van der Waals surface area contributed by atoms with E-state index in [0.717, 1.165) is 31.5 Å². The standard InChI is InChI=1S/C15H19N3O3/c1-11-2-3-13(18(20)21)12(8-11)14(19)17-7-5-15(10-17)4-6-16-9-15/h2-3,8,16H,4-7,9-10H2,1H3. The van der Waals surface area contributed by atoms with Crippen molar-refractivity contribution < 1.29 is 9.72 Å². The van der Waals surface area contributed by atoms with Gasteiger partial charge in [0.2, 0.25) is 0 Å². The number of likely N-dealkylation sites (tertiary alicyclic amines) is 1. The third-order valence-electron chi connectivity index (χ3n) is 4.64. The second kappa shape index (κ2) is 5.11. The molecule has 0 bridgehead atoms. The van der Waals surface area contributed by atoms with Gasteiger partial charge in [0.05, 0.1) is 4.92 Å². The van der Waals surface area contributed by atoms with E-state index in [1.54, 1.807) is 17.0 Å². The second-order valence-corrected chi connectivity index (χ2v) is 6.18. The second-order valence-electron chi connectivity index (χ2n) is 6.18. The van der Waals surface area contributed by atoms with Crippen LogP contribution in [0.25, 0.3) is 0 Å². The summed E-state index contributed by atoms with van der Waals surface area (Å²) in [6.07, 6.45) is 2.05. The predicted octanol–water partition coefficient (Wildman–Crippen LogP) is 1.73. The Morgan fingerprint density at radius 1 is 1.43 bits per heavy atom. The number of nitro benzene ring substituents is 1. The Hall–Kier alpha value is -1.95. The van der Waals surface area contributed by atoms with Crippen molar-refractivity contribution in [1.29, 1.82) is 0 Å². The zero-order valence-electron chi connectivity index (χ0n) is 12.1. The molecule has 1 atom stereocenters. The van der Waals surface area contributed by atoms with Gasteiger partial charge in [0.1, 0.15) is 5.56 Å². The Bertz CT molecular complexity index is 594. The Kier molecular flexibility index (Phi) is 3.41. The van der Waals surface area contributed by atoms with E-state index in [9.17, 15) is 14.9 Å². The van der Waals surface area contributed by atoms with E-state index < -0.39 is 4.92 Å². The summed E-state index contributed by atoms with van der Waals surface area (Å²) in [6.45, 7) is 5.15. The summed E-state index contributed by atoms with van der Waals surface area (Å²) in [5.74, 6) is -0.214. The lowest BCUT2D eigenvalue weighted by Crippen LogP contribution is -2.33. The SMILES string of the molecule is Cc1ccc([N+](=O)[O-])c(C(=O)N2CCC3(CCNC3)C2)c1. The maximum Gasteiger partial charge on any atom is 0.282 e. The summed E-state index contributed by atoms with van der Waals surface area (Å²) in [5, 5.41) is 14.5. The summed E-state index contributed by atoms with van der Waals surface area (Å²) in [5.41, 5.74) is 1.15. The number of hydrogen-bond acceptors (Lipinski definition) is 4. The first-order valence-corrected chi connectivity index (χ1v) is 7.26. The maximum atomic E-state index is 12.7. The first-order valence-electron chi connectivity index (χ1n) is 7.26. The molecule has 1 N–H and O–H groups in total. The Morgan fingerprint density at radius 2 is 2.24 bits per heavy atom. The van der Waals surface area contributed by atoms with Gasteiger partial charge in [-0.25, -0.2) is 0 Å². The fourth-order valence-corrected chi connectivity index (χ4v) is 3.40. The highest BCUT2D eigenvalue weighted by atomic mass is 16.6. The Labute approximate surface area is 123 Å². The minimum Gasteiger partial charge on any atom is -0.338 e. The molecule has 1 aromatic rings. The van der Waals surface area contributed by atoms with Crippen molar-refractivity contribution >= 4 is 11.6 Å². The van der Waals surface area contributed by atoms with Crippen molar-refractivity contribution in [3.05, 3.63) is 39.4 Å². The van der Waals surface area contributed by atoms with Crippen LogP contribution in [0.4, 0.5) is 5.69 Å². The van der Waals surface area contributed by atoms with Crippen molar-refractivity contribution in [2.45, 2.75) is 19.8 Å². The van der Waals surface area contributed by atoms with Crippen LogP contribution in [0.5, 0.6) is 0 Å². The fraction of sp³-hybridized carbons (Fsp3) is 0.533. The Morgan fingerprint density at radius 3 is 2.90 bits per heavy atom. The molecule has 2 saturated heterocycles. The highest BCUT2D eigenvalue weighted by Crippen LogP contribution is 2.37. The van der Waals surface area contributed by atoms with Crippen LogP contribution in [0.2, 0.25) is 0 Å². The summed E-state index contributed by atoms with van der Waals surface area (Å²) >= 11 is 0. The average molecular weight is 289 g/mol. The van der Waals surface area contributed by atoms with E-state index in [0.29, 0.717) is 13.1 Å². The number of amides is 1. The molecule has 1 unspecified atom stereocenters. The van der Waals surface area contributed by atoms with Gasteiger partial charge in [-0.3, -0.25) is 14.9 Å². The van der Waals surface area contributed by atoms with Crippen LogP contribution in [0.15, 0.2) is 18.2 Å². The molecule has 0 aliphatic carbocycles. The average Bonchev–Trinajstić information content (AvgIpc) is 3.08. The smallest absolute Gasteiger partial charge is 0.282 e. The highest BCUT2D eigenvalue weighted by molar-refractivity contribution is 5.98. The highest BCUT2D eigenvalue weighted by Gasteiger charge is 2.42. The molecule has 0 radical (unpaired) electrons. The van der Waals surface area contributed by atoms with E-state index >= 15 is 0 Å². The quantitative estimate of drug-likeness (QED) is 0.664. The zero-order valence-corrected chi connectivity index (χ0v) is 12.1. The lowest BCUT2D eigenvalue weighted by atomic mass is 9.86. The predicted molar refractivity (Wildman–Crippen MR) is 78.3 cm³/mol. The molecule has 1 spiro atoms. The first-order chi connectivity index (χ1) is 10.0. The van der Waals surface area contributed by atoms with E-state index in [1.807, 2.05) is 6.92 Å². The molecular formula is C15H19N3O3. The third kappa shape index (κ3) is 2.51. The fourth-order valence-electron chi connectivity index (χ4n) is 3.40. The summed E-state index contributed by atoms with van der Waals surface area (Å²) in [7, 11) is 0. The molecule has 2 aliphatic heterocycles. The topological polar surface area (TPSA) is 75.5 Å². The third-order valence-corrected chi connectivity index (χ3v) is 4.64. The van der Waals surface area contributed by atoms with Crippen molar-refractivity contribution in [3.8, 4) is 0 Å².